The molecule has 1 aromatic rings. The highest BCUT2D eigenvalue weighted by atomic mass is 79.9. The molecule has 0 saturated carbocycles. The van der Waals surface area contributed by atoms with Crippen LogP contribution in [0.4, 0.5) is 0 Å². The van der Waals surface area contributed by atoms with E-state index in [4.69, 9.17) is 21.4 Å². The molecule has 1 rings (SSSR count). The molecule has 0 aromatic heterocycles. The first-order valence-corrected chi connectivity index (χ1v) is 7.63. The zero-order valence-electron chi connectivity index (χ0n) is 9.78. The van der Waals surface area contributed by atoms with E-state index in [1.807, 2.05) is 0 Å². The lowest BCUT2D eigenvalue weighted by molar-refractivity contribution is 0.265. The first kappa shape index (κ1) is 15.7. The molecule has 0 aliphatic rings. The Labute approximate surface area is 119 Å². The van der Waals surface area contributed by atoms with Gasteiger partial charge in [0.25, 0.3) is 0 Å². The summed E-state index contributed by atoms with van der Waals surface area (Å²) in [5.41, 5.74) is 0. The number of methoxy groups -OCH3 is 1. The van der Waals surface area contributed by atoms with Gasteiger partial charge in [-0.15, -0.1) is 0 Å². The summed E-state index contributed by atoms with van der Waals surface area (Å²) in [6.07, 6.45) is 0. The van der Waals surface area contributed by atoms with E-state index >= 15 is 0 Å². The monoisotopic (exact) mass is 357 g/mol. The van der Waals surface area contributed by atoms with Gasteiger partial charge in [-0.2, -0.15) is 0 Å². The van der Waals surface area contributed by atoms with Crippen molar-refractivity contribution in [2.24, 2.45) is 0 Å². The number of aliphatic hydroxyl groups excluding tert-OH is 1. The fourth-order valence-electron chi connectivity index (χ4n) is 1.30. The van der Waals surface area contributed by atoms with E-state index in [2.05, 4.69) is 20.7 Å². The molecular weight excluding hydrogens is 346 g/mol. The number of benzene rings is 1. The molecule has 5 nitrogen and oxygen atoms in total. The molecule has 0 aliphatic carbocycles. The summed E-state index contributed by atoms with van der Waals surface area (Å²) < 4.78 is 32.0. The van der Waals surface area contributed by atoms with Gasteiger partial charge >= 0.3 is 0 Å². The number of halogens is 2. The third-order valence-electron chi connectivity index (χ3n) is 2.10. The second-order valence-corrected chi connectivity index (χ2v) is 6.60. The van der Waals surface area contributed by atoms with Crippen LogP contribution in [0.5, 0.6) is 5.75 Å². The lowest BCUT2D eigenvalue weighted by atomic mass is 10.3. The third kappa shape index (κ3) is 3.58. The quantitative estimate of drug-likeness (QED) is 0.841. The van der Waals surface area contributed by atoms with E-state index in [1.54, 1.807) is 6.92 Å². The fraction of sp³-hybridized carbons (Fsp3) is 0.400. The van der Waals surface area contributed by atoms with Crippen LogP contribution in [0.1, 0.15) is 6.92 Å². The van der Waals surface area contributed by atoms with Crippen molar-refractivity contribution in [1.29, 1.82) is 0 Å². The molecule has 1 atom stereocenters. The molecule has 0 radical (unpaired) electrons. The van der Waals surface area contributed by atoms with Crippen LogP contribution >= 0.6 is 27.5 Å². The van der Waals surface area contributed by atoms with Crippen LogP contribution in [0.3, 0.4) is 0 Å². The Balaban J connectivity index is 3.31. The normalized spacial score (nSPS) is 13.4. The average molecular weight is 359 g/mol. The maximum absolute atomic E-state index is 12.1. The first-order chi connectivity index (χ1) is 8.31. The van der Waals surface area contributed by atoms with Gasteiger partial charge in [-0.25, -0.2) is 13.1 Å². The van der Waals surface area contributed by atoms with Crippen LogP contribution in [-0.4, -0.2) is 33.3 Å². The van der Waals surface area contributed by atoms with Gasteiger partial charge in [0.2, 0.25) is 10.0 Å². The molecule has 1 aromatic carbocycles. The van der Waals surface area contributed by atoms with Crippen LogP contribution in [0, 0.1) is 0 Å². The number of nitrogens with one attached hydrogen (secondary N) is 1. The molecule has 0 heterocycles. The Bertz CT molecular complexity index is 535. The van der Waals surface area contributed by atoms with Crippen LogP contribution in [0.2, 0.25) is 5.02 Å². The van der Waals surface area contributed by atoms with E-state index in [9.17, 15) is 8.42 Å². The summed E-state index contributed by atoms with van der Waals surface area (Å²) in [6.45, 7) is 1.24. The lowest BCUT2D eigenvalue weighted by Gasteiger charge is -2.15. The van der Waals surface area contributed by atoms with Crippen molar-refractivity contribution in [1.82, 2.24) is 4.72 Å². The van der Waals surface area contributed by atoms with Gasteiger partial charge < -0.3 is 9.84 Å². The number of aliphatic hydroxyl groups is 1. The minimum Gasteiger partial charge on any atom is -0.494 e. The van der Waals surface area contributed by atoms with Gasteiger partial charge in [0.05, 0.1) is 18.2 Å². The minimum atomic E-state index is -3.81. The van der Waals surface area contributed by atoms with Crippen molar-refractivity contribution < 1.29 is 18.3 Å². The molecule has 0 amide bonds. The van der Waals surface area contributed by atoms with E-state index in [0.717, 1.165) is 0 Å². The molecule has 0 bridgehead atoms. The Hall–Kier alpha value is -0.340. The van der Waals surface area contributed by atoms with Crippen LogP contribution in [0.15, 0.2) is 21.5 Å². The summed E-state index contributed by atoms with van der Waals surface area (Å²) in [5.74, 6) is 0.164. The van der Waals surface area contributed by atoms with Gasteiger partial charge in [-0.3, -0.25) is 0 Å². The molecule has 0 fully saturated rings. The lowest BCUT2D eigenvalue weighted by Crippen LogP contribution is -2.35. The van der Waals surface area contributed by atoms with Crippen molar-refractivity contribution in [3.8, 4) is 5.75 Å². The Kier molecular flexibility index (Phi) is 5.42. The number of hydrogen-bond donors (Lipinski definition) is 2. The van der Waals surface area contributed by atoms with E-state index in [0.29, 0.717) is 4.47 Å². The highest BCUT2D eigenvalue weighted by Gasteiger charge is 2.23. The second kappa shape index (κ2) is 6.21. The van der Waals surface area contributed by atoms with Gasteiger partial charge in [0, 0.05) is 11.1 Å². The molecular formula is C10H13BrClNO4S. The molecule has 102 valence electrons. The van der Waals surface area contributed by atoms with Crippen molar-refractivity contribution in [3.63, 3.8) is 0 Å². The summed E-state index contributed by atoms with van der Waals surface area (Å²) in [6, 6.07) is 2.23. The van der Waals surface area contributed by atoms with Gasteiger partial charge in [-0.1, -0.05) is 11.6 Å². The smallest absolute Gasteiger partial charge is 0.244 e. The molecule has 0 saturated heterocycles. The van der Waals surface area contributed by atoms with E-state index in [1.165, 1.54) is 19.2 Å². The van der Waals surface area contributed by atoms with E-state index < -0.39 is 16.1 Å². The Morgan fingerprint density at radius 1 is 1.56 bits per heavy atom. The van der Waals surface area contributed by atoms with Crippen LogP contribution in [0.25, 0.3) is 0 Å². The number of hydrogen-bond acceptors (Lipinski definition) is 4. The van der Waals surface area contributed by atoms with Crippen molar-refractivity contribution >= 4 is 37.6 Å². The zero-order valence-corrected chi connectivity index (χ0v) is 12.9. The fourth-order valence-corrected chi connectivity index (χ4v) is 3.92. The molecule has 1 unspecified atom stereocenters. The predicted molar refractivity (Wildman–Crippen MR) is 72.6 cm³/mol. The largest absolute Gasteiger partial charge is 0.494 e. The van der Waals surface area contributed by atoms with Gasteiger partial charge in [-0.05, 0) is 35.0 Å². The summed E-state index contributed by atoms with van der Waals surface area (Å²) in [7, 11) is -2.45. The van der Waals surface area contributed by atoms with Crippen LogP contribution in [-0.2, 0) is 10.0 Å². The second-order valence-electron chi connectivity index (χ2n) is 3.62. The zero-order chi connectivity index (χ0) is 13.9. The molecule has 0 aliphatic heterocycles. The highest BCUT2D eigenvalue weighted by Crippen LogP contribution is 2.35. The molecule has 2 N–H and O–H groups in total. The Morgan fingerprint density at radius 2 is 2.17 bits per heavy atom. The maximum Gasteiger partial charge on any atom is 0.244 e. The van der Waals surface area contributed by atoms with Gasteiger partial charge in [0.1, 0.15) is 4.90 Å². The first-order valence-electron chi connectivity index (χ1n) is 4.98. The number of rotatable bonds is 5. The highest BCUT2D eigenvalue weighted by molar-refractivity contribution is 9.10. The minimum absolute atomic E-state index is 0.0790. The van der Waals surface area contributed by atoms with Gasteiger partial charge in [0.15, 0.2) is 5.75 Å². The third-order valence-corrected chi connectivity index (χ3v) is 4.50. The topological polar surface area (TPSA) is 75.6 Å². The molecule has 8 heteroatoms. The van der Waals surface area contributed by atoms with E-state index in [-0.39, 0.29) is 22.3 Å². The van der Waals surface area contributed by atoms with Crippen LogP contribution < -0.4 is 9.46 Å². The molecule has 18 heavy (non-hydrogen) atoms. The number of sulfonamides is 1. The predicted octanol–water partition coefficient (Wildman–Crippen LogP) is 1.77. The standard InChI is InChI=1S/C10H13BrClNO4S/c1-6(5-14)13-18(15,16)9-4-7(12)3-8(11)10(9)17-2/h3-4,6,13-14H,5H2,1-2H3. The number of ether oxygens (including phenoxy) is 1. The van der Waals surface area contributed by atoms with Crippen molar-refractivity contribution in [2.45, 2.75) is 17.9 Å². The summed E-state index contributed by atoms with van der Waals surface area (Å²) >= 11 is 9.01. The Morgan fingerprint density at radius 3 is 2.67 bits per heavy atom. The molecule has 0 spiro atoms. The average Bonchev–Trinajstić information content (AvgIpc) is 2.27. The SMILES string of the molecule is COc1c(Br)cc(Cl)cc1S(=O)(=O)NC(C)CO. The van der Waals surface area contributed by atoms with Crippen molar-refractivity contribution in [3.05, 3.63) is 21.6 Å². The summed E-state index contributed by atoms with van der Waals surface area (Å²) in [4.78, 5) is -0.0790. The maximum atomic E-state index is 12.1. The summed E-state index contributed by atoms with van der Waals surface area (Å²) in [5, 5.41) is 9.15. The van der Waals surface area contributed by atoms with Crippen molar-refractivity contribution in [2.75, 3.05) is 13.7 Å².